The molecule has 0 spiro atoms. The molecule has 0 radical (unpaired) electrons. The molecule has 0 saturated carbocycles. The maximum Gasteiger partial charge on any atom is 0.305 e. The molecule has 36 heavy (non-hydrogen) atoms. The van der Waals surface area contributed by atoms with Crippen LogP contribution in [0.1, 0.15) is 79.5 Å². The number of amidine groups is 1. The van der Waals surface area contributed by atoms with Gasteiger partial charge >= 0.3 is 5.97 Å². The number of ketones is 1. The maximum atomic E-state index is 13.4. The summed E-state index contributed by atoms with van der Waals surface area (Å²) in [4.78, 5) is 44.1. The highest BCUT2D eigenvalue weighted by molar-refractivity contribution is 6.04. The first-order chi connectivity index (χ1) is 16.8. The lowest BCUT2D eigenvalue weighted by atomic mass is 9.83. The van der Waals surface area contributed by atoms with Gasteiger partial charge in [0.15, 0.2) is 5.78 Å². The Hall–Kier alpha value is -3.75. The van der Waals surface area contributed by atoms with Gasteiger partial charge in [0.2, 0.25) is 5.91 Å². The first kappa shape index (κ1) is 26.8. The second-order valence-corrected chi connectivity index (χ2v) is 10.2. The lowest BCUT2D eigenvalue weighted by Gasteiger charge is -2.26. The van der Waals surface area contributed by atoms with Crippen LogP contribution in [0.15, 0.2) is 24.3 Å². The molecule has 0 fully saturated rings. The normalized spacial score (nSPS) is 13.0. The van der Waals surface area contributed by atoms with E-state index in [1.807, 2.05) is 39.8 Å². The first-order valence-electron chi connectivity index (χ1n) is 12.0. The number of carbonyl (C=O) groups excluding carboxylic acids is 2. The average molecular weight is 495 g/mol. The minimum absolute atomic E-state index is 0.0108. The summed E-state index contributed by atoms with van der Waals surface area (Å²) in [6, 6.07) is 7.11. The number of carboxylic acid groups (broad SMARTS) is 1. The molecule has 2 heterocycles. The van der Waals surface area contributed by atoms with Gasteiger partial charge in [0.25, 0.3) is 0 Å². The molecule has 1 aliphatic heterocycles. The molecule has 3 N–H and O–H groups in total. The van der Waals surface area contributed by atoms with Crippen molar-refractivity contribution in [3.05, 3.63) is 57.9 Å². The molecular weight excluding hydrogens is 460 g/mol. The van der Waals surface area contributed by atoms with Crippen LogP contribution in [0.4, 0.5) is 0 Å². The van der Waals surface area contributed by atoms with Crippen LogP contribution in [0.2, 0.25) is 0 Å². The molecule has 9 heteroatoms. The number of aromatic nitrogens is 1. The monoisotopic (exact) mass is 494 g/mol. The summed E-state index contributed by atoms with van der Waals surface area (Å²) in [5.41, 5.74) is 3.19. The lowest BCUT2D eigenvalue weighted by molar-refractivity contribution is -0.138. The molecule has 1 aromatic heterocycles. The fraction of sp³-hybridized carbons (Fsp3) is 0.444. The zero-order valence-corrected chi connectivity index (χ0v) is 21.5. The summed E-state index contributed by atoms with van der Waals surface area (Å²) < 4.78 is 0. The second-order valence-electron chi connectivity index (χ2n) is 10.2. The zero-order valence-electron chi connectivity index (χ0n) is 21.5. The summed E-state index contributed by atoms with van der Waals surface area (Å²) in [6.45, 7) is 9.44. The van der Waals surface area contributed by atoms with Crippen LogP contribution >= 0.6 is 0 Å². The molecule has 3 rings (SSSR count). The fourth-order valence-electron chi connectivity index (χ4n) is 4.22. The van der Waals surface area contributed by atoms with E-state index in [9.17, 15) is 19.5 Å². The Morgan fingerprint density at radius 1 is 1.19 bits per heavy atom. The number of fused-ring (bicyclic) bond motifs is 1. The standard InChI is InChI=1S/C27H34N4O5/c1-6-20-8-7-17-13-31(26(28)24(17)29-20)15-22(33)18-11-19(25(36)21(12-18)27(3,4)5)14-30(16(2)32)10-9-23(34)35/h7-8,11-12,28,36H,6,9-10,13-15H2,1-5H3,(H,34,35). The van der Waals surface area contributed by atoms with Gasteiger partial charge in [-0.15, -0.1) is 0 Å². The quantitative estimate of drug-likeness (QED) is 0.454. The van der Waals surface area contributed by atoms with Crippen LogP contribution in [-0.2, 0) is 34.5 Å². The Kier molecular flexibility index (Phi) is 7.81. The minimum atomic E-state index is -1.03. The molecule has 0 bridgehead atoms. The van der Waals surface area contributed by atoms with Crippen LogP contribution < -0.4 is 0 Å². The number of aliphatic carboxylic acids is 1. The van der Waals surface area contributed by atoms with Gasteiger partial charge < -0.3 is 20.0 Å². The average Bonchev–Trinajstić information content (AvgIpc) is 3.10. The summed E-state index contributed by atoms with van der Waals surface area (Å²) in [5.74, 6) is -1.39. The smallest absolute Gasteiger partial charge is 0.305 e. The third-order valence-corrected chi connectivity index (χ3v) is 6.36. The second kappa shape index (κ2) is 10.5. The highest BCUT2D eigenvalue weighted by Crippen LogP contribution is 2.35. The van der Waals surface area contributed by atoms with Gasteiger partial charge in [-0.2, -0.15) is 0 Å². The van der Waals surface area contributed by atoms with Crippen LogP contribution in [-0.4, -0.2) is 61.6 Å². The SMILES string of the molecule is CCc1ccc2c(n1)C(=N)N(CC(=O)c1cc(CN(CCC(=O)O)C(C)=O)c(O)c(C(C)(C)C)c1)C2. The van der Waals surface area contributed by atoms with Gasteiger partial charge in [0, 0.05) is 54.5 Å². The molecule has 1 aromatic carbocycles. The molecule has 1 aliphatic rings. The number of amides is 1. The Morgan fingerprint density at radius 2 is 1.89 bits per heavy atom. The fourth-order valence-corrected chi connectivity index (χ4v) is 4.22. The third-order valence-electron chi connectivity index (χ3n) is 6.36. The number of nitrogens with one attached hydrogen (secondary N) is 1. The number of carboxylic acids is 1. The van der Waals surface area contributed by atoms with Gasteiger partial charge in [-0.05, 0) is 30.0 Å². The van der Waals surface area contributed by atoms with Crippen molar-refractivity contribution in [1.82, 2.24) is 14.8 Å². The maximum absolute atomic E-state index is 13.4. The molecule has 2 aromatic rings. The number of phenols is 1. The number of hydrogen-bond acceptors (Lipinski definition) is 6. The van der Waals surface area contributed by atoms with E-state index in [0.29, 0.717) is 28.9 Å². The number of aryl methyl sites for hydroxylation is 1. The molecule has 0 aliphatic carbocycles. The van der Waals surface area contributed by atoms with Gasteiger partial charge in [-0.3, -0.25) is 19.8 Å². The van der Waals surface area contributed by atoms with E-state index in [0.717, 1.165) is 17.7 Å². The predicted octanol–water partition coefficient (Wildman–Crippen LogP) is 3.49. The molecule has 9 nitrogen and oxygen atoms in total. The third kappa shape index (κ3) is 5.90. The molecule has 0 unspecified atom stereocenters. The number of pyridine rings is 1. The van der Waals surface area contributed by atoms with Gasteiger partial charge in [0.05, 0.1) is 13.0 Å². The first-order valence-corrected chi connectivity index (χ1v) is 12.0. The summed E-state index contributed by atoms with van der Waals surface area (Å²) in [6.07, 6.45) is 0.533. The van der Waals surface area contributed by atoms with E-state index in [1.165, 1.54) is 11.8 Å². The number of carbonyl (C=O) groups is 3. The van der Waals surface area contributed by atoms with Crippen LogP contribution in [0.3, 0.4) is 0 Å². The highest BCUT2D eigenvalue weighted by Gasteiger charge is 2.29. The Morgan fingerprint density at radius 3 is 2.47 bits per heavy atom. The van der Waals surface area contributed by atoms with E-state index in [-0.39, 0.29) is 49.3 Å². The van der Waals surface area contributed by atoms with Crippen molar-refractivity contribution in [3.8, 4) is 5.75 Å². The van der Waals surface area contributed by atoms with Crippen molar-refractivity contribution in [2.24, 2.45) is 0 Å². The van der Waals surface area contributed by atoms with E-state index < -0.39 is 11.4 Å². The van der Waals surface area contributed by atoms with Gasteiger partial charge in [0.1, 0.15) is 17.3 Å². The van der Waals surface area contributed by atoms with Crippen LogP contribution in [0, 0.1) is 5.41 Å². The van der Waals surface area contributed by atoms with E-state index >= 15 is 0 Å². The predicted molar refractivity (Wildman–Crippen MR) is 135 cm³/mol. The molecule has 1 amide bonds. The lowest BCUT2D eigenvalue weighted by Crippen LogP contribution is -2.32. The Balaban J connectivity index is 1.91. The summed E-state index contributed by atoms with van der Waals surface area (Å²) >= 11 is 0. The van der Waals surface area contributed by atoms with Crippen molar-refractivity contribution in [2.45, 2.75) is 66.0 Å². The number of rotatable bonds is 9. The number of hydrogen-bond donors (Lipinski definition) is 3. The van der Waals surface area contributed by atoms with Crippen molar-refractivity contribution >= 4 is 23.5 Å². The number of aromatic hydroxyl groups is 1. The number of phenolic OH excluding ortho intramolecular Hbond substituents is 1. The Labute approximate surface area is 211 Å². The van der Waals surface area contributed by atoms with Gasteiger partial charge in [-0.1, -0.05) is 33.8 Å². The Bertz CT molecular complexity index is 1220. The summed E-state index contributed by atoms with van der Waals surface area (Å²) in [5, 5.41) is 28.6. The van der Waals surface area contributed by atoms with Crippen molar-refractivity contribution < 1.29 is 24.6 Å². The van der Waals surface area contributed by atoms with E-state index in [4.69, 9.17) is 10.5 Å². The topological polar surface area (TPSA) is 135 Å². The van der Waals surface area contributed by atoms with Crippen molar-refractivity contribution in [1.29, 1.82) is 5.41 Å². The van der Waals surface area contributed by atoms with Crippen LogP contribution in [0.5, 0.6) is 5.75 Å². The molecule has 0 atom stereocenters. The molecule has 0 saturated heterocycles. The van der Waals surface area contributed by atoms with Gasteiger partial charge in [-0.25, -0.2) is 4.98 Å². The molecular formula is C27H34N4O5. The highest BCUT2D eigenvalue weighted by atomic mass is 16.4. The summed E-state index contributed by atoms with van der Waals surface area (Å²) in [7, 11) is 0. The number of Topliss-reactive ketones (excluding diaryl/α,β-unsaturated/α-hetero) is 1. The minimum Gasteiger partial charge on any atom is -0.507 e. The number of benzene rings is 1. The van der Waals surface area contributed by atoms with E-state index in [1.54, 1.807) is 17.0 Å². The largest absolute Gasteiger partial charge is 0.507 e. The van der Waals surface area contributed by atoms with Crippen molar-refractivity contribution in [3.63, 3.8) is 0 Å². The van der Waals surface area contributed by atoms with E-state index in [2.05, 4.69) is 4.98 Å². The molecule has 192 valence electrons. The number of nitrogens with zero attached hydrogens (tertiary/aromatic N) is 3. The van der Waals surface area contributed by atoms with Crippen LogP contribution in [0.25, 0.3) is 0 Å². The zero-order chi connectivity index (χ0) is 26.8. The van der Waals surface area contributed by atoms with Crippen molar-refractivity contribution in [2.75, 3.05) is 13.1 Å².